The lowest BCUT2D eigenvalue weighted by Crippen LogP contribution is -2.05. The van der Waals surface area contributed by atoms with E-state index in [0.29, 0.717) is 17.7 Å². The fraction of sp³-hybridized carbons (Fsp3) is 0.500. The van der Waals surface area contributed by atoms with E-state index in [4.69, 9.17) is 4.74 Å². The molecule has 0 unspecified atom stereocenters. The predicted octanol–water partition coefficient (Wildman–Crippen LogP) is 3.00. The van der Waals surface area contributed by atoms with Crippen LogP contribution in [0.1, 0.15) is 43.6 Å². The molecule has 3 rings (SSSR count). The summed E-state index contributed by atoms with van der Waals surface area (Å²) >= 11 is 0. The van der Waals surface area contributed by atoms with Crippen molar-refractivity contribution in [2.75, 3.05) is 11.9 Å². The summed E-state index contributed by atoms with van der Waals surface area (Å²) in [5.41, 5.74) is 0.959. The van der Waals surface area contributed by atoms with E-state index in [2.05, 4.69) is 32.4 Å². The van der Waals surface area contributed by atoms with E-state index in [1.807, 2.05) is 19.1 Å². The summed E-state index contributed by atoms with van der Waals surface area (Å²) in [5.74, 6) is 3.26. The van der Waals surface area contributed by atoms with E-state index in [0.717, 1.165) is 43.1 Å². The Bertz CT molecular complexity index is 591. The van der Waals surface area contributed by atoms with E-state index in [1.165, 1.54) is 0 Å². The molecule has 0 spiro atoms. The molecule has 6 heteroatoms. The molecule has 2 aromatic rings. The number of aromatic amines is 1. The maximum atomic E-state index is 5.70. The van der Waals surface area contributed by atoms with Gasteiger partial charge in [-0.2, -0.15) is 4.98 Å². The van der Waals surface area contributed by atoms with Crippen LogP contribution in [0.4, 0.5) is 5.82 Å². The van der Waals surface area contributed by atoms with Crippen LogP contribution in [0.3, 0.4) is 0 Å². The first-order valence-electron chi connectivity index (χ1n) is 7.07. The van der Waals surface area contributed by atoms with Gasteiger partial charge < -0.3 is 10.1 Å². The van der Waals surface area contributed by atoms with E-state index in [1.54, 1.807) is 0 Å². The van der Waals surface area contributed by atoms with Crippen LogP contribution in [-0.2, 0) is 0 Å². The zero-order valence-corrected chi connectivity index (χ0v) is 11.8. The Morgan fingerprint density at radius 1 is 1.30 bits per heavy atom. The Morgan fingerprint density at radius 3 is 2.80 bits per heavy atom. The third-order valence-electron chi connectivity index (χ3n) is 3.11. The van der Waals surface area contributed by atoms with Crippen LogP contribution >= 0.6 is 0 Å². The molecule has 2 N–H and O–H groups in total. The lowest BCUT2D eigenvalue weighted by molar-refractivity contribution is 0.440. The number of aromatic nitrogens is 4. The minimum Gasteiger partial charge on any atom is -0.419 e. The molecule has 0 bridgehead atoms. The molecular formula is C14H19N5O. The normalized spacial score (nSPS) is 14.3. The highest BCUT2D eigenvalue weighted by molar-refractivity contribution is 5.40. The topological polar surface area (TPSA) is 75.7 Å². The number of aryl methyl sites for hydroxylation is 1. The third-order valence-corrected chi connectivity index (χ3v) is 3.11. The highest BCUT2D eigenvalue weighted by Gasteiger charge is 2.27. The average Bonchev–Trinajstić information content (AvgIpc) is 3.21. The number of nitrogens with zero attached hydrogens (tertiary/aromatic N) is 3. The SMILES string of the molecule is CCCNc1cc(Oc2cc(C)[nH]n2)nc(C2CC2)n1. The van der Waals surface area contributed by atoms with Crippen molar-refractivity contribution < 1.29 is 4.74 Å². The molecule has 0 aromatic carbocycles. The number of ether oxygens (including phenoxy) is 1. The van der Waals surface area contributed by atoms with Gasteiger partial charge in [0.25, 0.3) is 0 Å². The summed E-state index contributed by atoms with van der Waals surface area (Å²) < 4.78 is 5.70. The Labute approximate surface area is 118 Å². The van der Waals surface area contributed by atoms with E-state index in [-0.39, 0.29) is 0 Å². The minimum atomic E-state index is 0.488. The van der Waals surface area contributed by atoms with Gasteiger partial charge in [-0.15, -0.1) is 5.10 Å². The molecule has 1 aliphatic carbocycles. The molecule has 0 atom stereocenters. The molecule has 0 aliphatic heterocycles. The highest BCUT2D eigenvalue weighted by Crippen LogP contribution is 2.39. The van der Waals surface area contributed by atoms with E-state index in [9.17, 15) is 0 Å². The van der Waals surface area contributed by atoms with Gasteiger partial charge in [0.05, 0.1) is 0 Å². The van der Waals surface area contributed by atoms with Gasteiger partial charge in [0.2, 0.25) is 11.8 Å². The molecular weight excluding hydrogens is 254 g/mol. The summed E-state index contributed by atoms with van der Waals surface area (Å²) in [7, 11) is 0. The molecule has 0 saturated heterocycles. The average molecular weight is 273 g/mol. The Morgan fingerprint density at radius 2 is 2.15 bits per heavy atom. The zero-order valence-electron chi connectivity index (χ0n) is 11.8. The molecule has 1 fully saturated rings. The van der Waals surface area contributed by atoms with Gasteiger partial charge in [-0.3, -0.25) is 5.10 Å². The molecule has 0 radical (unpaired) electrons. The van der Waals surface area contributed by atoms with Crippen LogP contribution in [0.5, 0.6) is 11.8 Å². The smallest absolute Gasteiger partial charge is 0.240 e. The highest BCUT2D eigenvalue weighted by atomic mass is 16.5. The Balaban J connectivity index is 1.82. The van der Waals surface area contributed by atoms with Crippen LogP contribution in [-0.4, -0.2) is 26.7 Å². The van der Waals surface area contributed by atoms with Crippen LogP contribution in [0.15, 0.2) is 12.1 Å². The van der Waals surface area contributed by atoms with Crippen molar-refractivity contribution in [1.29, 1.82) is 0 Å². The van der Waals surface area contributed by atoms with Crippen molar-refractivity contribution in [3.05, 3.63) is 23.7 Å². The lowest BCUT2D eigenvalue weighted by Gasteiger charge is -2.08. The van der Waals surface area contributed by atoms with Crippen molar-refractivity contribution in [2.24, 2.45) is 0 Å². The summed E-state index contributed by atoms with van der Waals surface area (Å²) in [4.78, 5) is 9.03. The summed E-state index contributed by atoms with van der Waals surface area (Å²) in [5, 5.41) is 10.2. The Hall–Kier alpha value is -2.11. The minimum absolute atomic E-state index is 0.488. The monoisotopic (exact) mass is 273 g/mol. The van der Waals surface area contributed by atoms with Gasteiger partial charge in [0.1, 0.15) is 11.6 Å². The first-order valence-corrected chi connectivity index (χ1v) is 7.07. The number of anilines is 1. The van der Waals surface area contributed by atoms with Crippen LogP contribution < -0.4 is 10.1 Å². The molecule has 2 heterocycles. The van der Waals surface area contributed by atoms with E-state index < -0.39 is 0 Å². The third kappa shape index (κ3) is 3.07. The second-order valence-corrected chi connectivity index (χ2v) is 5.14. The van der Waals surface area contributed by atoms with Crippen molar-refractivity contribution in [3.63, 3.8) is 0 Å². The fourth-order valence-electron chi connectivity index (χ4n) is 1.92. The van der Waals surface area contributed by atoms with E-state index >= 15 is 0 Å². The summed E-state index contributed by atoms with van der Waals surface area (Å²) in [6.45, 7) is 4.95. The fourth-order valence-corrected chi connectivity index (χ4v) is 1.92. The molecule has 6 nitrogen and oxygen atoms in total. The lowest BCUT2D eigenvalue weighted by atomic mass is 10.4. The number of hydrogen-bond donors (Lipinski definition) is 2. The zero-order chi connectivity index (χ0) is 13.9. The molecule has 0 amide bonds. The van der Waals surface area contributed by atoms with Gasteiger partial charge in [0, 0.05) is 30.3 Å². The van der Waals surface area contributed by atoms with Gasteiger partial charge in [-0.05, 0) is 26.2 Å². The van der Waals surface area contributed by atoms with Gasteiger partial charge in [0.15, 0.2) is 0 Å². The largest absolute Gasteiger partial charge is 0.419 e. The molecule has 1 aliphatic rings. The number of nitrogens with one attached hydrogen (secondary N) is 2. The number of rotatable bonds is 6. The first-order chi connectivity index (χ1) is 9.74. The van der Waals surface area contributed by atoms with Crippen LogP contribution in [0.2, 0.25) is 0 Å². The van der Waals surface area contributed by atoms with Crippen molar-refractivity contribution >= 4 is 5.82 Å². The van der Waals surface area contributed by atoms with Crippen molar-refractivity contribution in [1.82, 2.24) is 20.2 Å². The molecule has 20 heavy (non-hydrogen) atoms. The van der Waals surface area contributed by atoms with Crippen molar-refractivity contribution in [3.8, 4) is 11.8 Å². The standard InChI is InChI=1S/C14H19N5O/c1-3-6-15-11-8-12(17-14(16-11)10-4-5-10)20-13-7-9(2)18-19-13/h7-8,10H,3-6H2,1-2H3,(H,18,19)(H,15,16,17). The number of hydrogen-bond acceptors (Lipinski definition) is 5. The first kappa shape index (κ1) is 12.9. The quantitative estimate of drug-likeness (QED) is 0.846. The molecule has 106 valence electrons. The second-order valence-electron chi connectivity index (χ2n) is 5.14. The predicted molar refractivity (Wildman–Crippen MR) is 76.2 cm³/mol. The van der Waals surface area contributed by atoms with Crippen LogP contribution in [0, 0.1) is 6.92 Å². The van der Waals surface area contributed by atoms with Gasteiger partial charge in [-0.1, -0.05) is 6.92 Å². The summed E-state index contributed by atoms with van der Waals surface area (Å²) in [6, 6.07) is 3.67. The number of H-pyrrole nitrogens is 1. The van der Waals surface area contributed by atoms with Gasteiger partial charge in [-0.25, -0.2) is 4.98 Å². The molecule has 1 saturated carbocycles. The summed E-state index contributed by atoms with van der Waals surface area (Å²) in [6.07, 6.45) is 3.38. The Kier molecular flexibility index (Phi) is 3.54. The van der Waals surface area contributed by atoms with Crippen LogP contribution in [0.25, 0.3) is 0 Å². The second kappa shape index (κ2) is 5.48. The maximum absolute atomic E-state index is 5.70. The molecule has 2 aromatic heterocycles. The van der Waals surface area contributed by atoms with Gasteiger partial charge >= 0.3 is 0 Å². The maximum Gasteiger partial charge on any atom is 0.240 e. The van der Waals surface area contributed by atoms with Crippen molar-refractivity contribution in [2.45, 2.75) is 39.0 Å².